The van der Waals surface area contributed by atoms with Crippen LogP contribution in [0.15, 0.2) is 12.1 Å². The largest absolute Gasteiger partial charge is 0.343 e. The zero-order valence-electron chi connectivity index (χ0n) is 11.6. The number of thiophene rings is 1. The number of amides is 2. The standard InChI is InChI=1S/C14H17ClN2O2S2/c15-11-5-4-10(21-11)14-17(13(19)9-20-14)8-2-7-16-6-1-3-12(16)18/h4-5,14H,1-3,6-9H2. The Morgan fingerprint density at radius 1 is 1.24 bits per heavy atom. The topological polar surface area (TPSA) is 40.6 Å². The number of rotatable bonds is 5. The van der Waals surface area contributed by atoms with Crippen LogP contribution in [-0.4, -0.2) is 47.0 Å². The molecule has 0 spiro atoms. The van der Waals surface area contributed by atoms with E-state index in [-0.39, 0.29) is 17.2 Å². The van der Waals surface area contributed by atoms with Crippen LogP contribution < -0.4 is 0 Å². The molecular weight excluding hydrogens is 328 g/mol. The first-order chi connectivity index (χ1) is 10.1. The first-order valence-corrected chi connectivity index (χ1v) is 9.33. The van der Waals surface area contributed by atoms with Gasteiger partial charge in [-0.2, -0.15) is 0 Å². The van der Waals surface area contributed by atoms with Crippen molar-refractivity contribution in [2.24, 2.45) is 0 Å². The van der Waals surface area contributed by atoms with Crippen LogP contribution in [0.5, 0.6) is 0 Å². The molecule has 7 heteroatoms. The molecule has 2 saturated heterocycles. The lowest BCUT2D eigenvalue weighted by atomic mass is 10.3. The molecule has 1 unspecified atom stereocenters. The lowest BCUT2D eigenvalue weighted by Crippen LogP contribution is -2.32. The van der Waals surface area contributed by atoms with E-state index in [0.29, 0.717) is 18.7 Å². The Balaban J connectivity index is 1.57. The Kier molecular flexibility index (Phi) is 4.76. The highest BCUT2D eigenvalue weighted by molar-refractivity contribution is 8.00. The number of thioether (sulfide) groups is 1. The van der Waals surface area contributed by atoms with E-state index < -0.39 is 0 Å². The first-order valence-electron chi connectivity index (χ1n) is 7.09. The molecular formula is C14H17ClN2O2S2. The Morgan fingerprint density at radius 2 is 2.10 bits per heavy atom. The molecule has 0 saturated carbocycles. The molecule has 114 valence electrons. The highest BCUT2D eigenvalue weighted by Crippen LogP contribution is 2.42. The minimum absolute atomic E-state index is 0.0873. The van der Waals surface area contributed by atoms with E-state index in [1.54, 1.807) is 11.8 Å². The van der Waals surface area contributed by atoms with Gasteiger partial charge in [0.2, 0.25) is 11.8 Å². The van der Waals surface area contributed by atoms with Crippen molar-refractivity contribution in [1.82, 2.24) is 9.80 Å². The fraction of sp³-hybridized carbons (Fsp3) is 0.571. The molecule has 3 rings (SSSR count). The Morgan fingerprint density at radius 3 is 2.76 bits per heavy atom. The summed E-state index contributed by atoms with van der Waals surface area (Å²) in [5, 5.41) is 0.0873. The third-order valence-corrected chi connectivity index (χ3v) is 6.47. The first kappa shape index (κ1) is 15.2. The van der Waals surface area contributed by atoms with Crippen LogP contribution in [0, 0.1) is 0 Å². The van der Waals surface area contributed by atoms with Gasteiger partial charge in [0.25, 0.3) is 0 Å². The average molecular weight is 345 g/mol. The summed E-state index contributed by atoms with van der Waals surface area (Å²) < 4.78 is 0.757. The molecule has 0 aliphatic carbocycles. The number of carbonyl (C=O) groups excluding carboxylic acids is 2. The zero-order chi connectivity index (χ0) is 14.8. The van der Waals surface area contributed by atoms with Gasteiger partial charge in [-0.3, -0.25) is 9.59 Å². The second kappa shape index (κ2) is 6.58. The molecule has 2 amide bonds. The molecule has 0 bridgehead atoms. The van der Waals surface area contributed by atoms with Crippen molar-refractivity contribution in [3.05, 3.63) is 21.3 Å². The SMILES string of the molecule is O=C1CCCN1CCCN1C(=O)CSC1c1ccc(Cl)s1. The smallest absolute Gasteiger partial charge is 0.233 e. The number of carbonyl (C=O) groups is 2. The van der Waals surface area contributed by atoms with Gasteiger partial charge in [-0.15, -0.1) is 23.1 Å². The van der Waals surface area contributed by atoms with Gasteiger partial charge in [0.1, 0.15) is 5.37 Å². The average Bonchev–Trinajstić information content (AvgIpc) is 3.14. The fourth-order valence-corrected chi connectivity index (χ4v) is 5.28. The zero-order valence-corrected chi connectivity index (χ0v) is 14.0. The van der Waals surface area contributed by atoms with Crippen LogP contribution in [0.2, 0.25) is 4.34 Å². The highest BCUT2D eigenvalue weighted by atomic mass is 35.5. The van der Waals surface area contributed by atoms with Gasteiger partial charge in [-0.25, -0.2) is 0 Å². The van der Waals surface area contributed by atoms with Crippen LogP contribution in [0.25, 0.3) is 0 Å². The quantitative estimate of drug-likeness (QED) is 0.824. The molecule has 2 aliphatic rings. The molecule has 1 aromatic rings. The normalized spacial score (nSPS) is 22.6. The Labute approximate surface area is 137 Å². The maximum absolute atomic E-state index is 12.1. The molecule has 0 radical (unpaired) electrons. The van der Waals surface area contributed by atoms with E-state index in [0.717, 1.165) is 35.1 Å². The Hall–Kier alpha value is -0.720. The van der Waals surface area contributed by atoms with Crippen LogP contribution >= 0.6 is 34.7 Å². The summed E-state index contributed by atoms with van der Waals surface area (Å²) in [6.07, 6.45) is 2.48. The summed E-state index contributed by atoms with van der Waals surface area (Å²) in [6.45, 7) is 2.33. The van der Waals surface area contributed by atoms with Gasteiger partial charge in [0.15, 0.2) is 0 Å². The summed E-state index contributed by atoms with van der Waals surface area (Å²) in [5.74, 6) is 0.962. The van der Waals surface area contributed by atoms with E-state index in [1.807, 2.05) is 21.9 Å². The van der Waals surface area contributed by atoms with Crippen molar-refractivity contribution in [3.63, 3.8) is 0 Å². The molecule has 2 aliphatic heterocycles. The summed E-state index contributed by atoms with van der Waals surface area (Å²) in [7, 11) is 0. The maximum atomic E-state index is 12.1. The minimum atomic E-state index is 0.0873. The molecule has 4 nitrogen and oxygen atoms in total. The van der Waals surface area contributed by atoms with Gasteiger partial charge in [0.05, 0.1) is 10.1 Å². The van der Waals surface area contributed by atoms with E-state index >= 15 is 0 Å². The second-order valence-electron chi connectivity index (χ2n) is 5.23. The van der Waals surface area contributed by atoms with Gasteiger partial charge < -0.3 is 9.80 Å². The van der Waals surface area contributed by atoms with Crippen molar-refractivity contribution < 1.29 is 9.59 Å². The molecule has 1 atom stereocenters. The van der Waals surface area contributed by atoms with Crippen LogP contribution in [0.3, 0.4) is 0 Å². The van der Waals surface area contributed by atoms with Crippen molar-refractivity contribution in [3.8, 4) is 0 Å². The fourth-order valence-electron chi connectivity index (χ4n) is 2.76. The van der Waals surface area contributed by atoms with Crippen LogP contribution in [-0.2, 0) is 9.59 Å². The van der Waals surface area contributed by atoms with Crippen LogP contribution in [0.1, 0.15) is 29.5 Å². The van der Waals surface area contributed by atoms with Gasteiger partial charge in [-0.1, -0.05) is 11.6 Å². The van der Waals surface area contributed by atoms with Crippen molar-refractivity contribution in [2.45, 2.75) is 24.6 Å². The number of hydrogen-bond donors (Lipinski definition) is 0. The molecule has 21 heavy (non-hydrogen) atoms. The number of hydrogen-bond acceptors (Lipinski definition) is 4. The van der Waals surface area contributed by atoms with E-state index in [4.69, 9.17) is 11.6 Å². The molecule has 1 aromatic heterocycles. The predicted molar refractivity (Wildman–Crippen MR) is 86.7 cm³/mol. The molecule has 2 fully saturated rings. The highest BCUT2D eigenvalue weighted by Gasteiger charge is 2.33. The van der Waals surface area contributed by atoms with Crippen molar-refractivity contribution in [2.75, 3.05) is 25.4 Å². The third kappa shape index (κ3) is 3.38. The number of likely N-dealkylation sites (tertiary alicyclic amines) is 1. The summed E-state index contributed by atoms with van der Waals surface area (Å²) in [5.41, 5.74) is 0. The lowest BCUT2D eigenvalue weighted by molar-refractivity contribution is -0.128. The van der Waals surface area contributed by atoms with Gasteiger partial charge in [0, 0.05) is 30.9 Å². The van der Waals surface area contributed by atoms with E-state index in [9.17, 15) is 9.59 Å². The molecule has 0 N–H and O–H groups in total. The van der Waals surface area contributed by atoms with Gasteiger partial charge >= 0.3 is 0 Å². The molecule has 3 heterocycles. The second-order valence-corrected chi connectivity index (χ2v) is 8.05. The predicted octanol–water partition coefficient (Wildman–Crippen LogP) is 2.99. The Bertz CT molecular complexity index is 549. The number of halogens is 1. The minimum Gasteiger partial charge on any atom is -0.343 e. The summed E-state index contributed by atoms with van der Waals surface area (Å²) in [4.78, 5) is 28.6. The van der Waals surface area contributed by atoms with E-state index in [1.165, 1.54) is 11.3 Å². The van der Waals surface area contributed by atoms with Crippen molar-refractivity contribution >= 4 is 46.5 Å². The summed E-state index contributed by atoms with van der Waals surface area (Å²) in [6, 6.07) is 3.88. The third-order valence-electron chi connectivity index (χ3n) is 3.80. The van der Waals surface area contributed by atoms with Crippen molar-refractivity contribution in [1.29, 1.82) is 0 Å². The van der Waals surface area contributed by atoms with Gasteiger partial charge in [-0.05, 0) is 25.0 Å². The number of nitrogens with zero attached hydrogens (tertiary/aromatic N) is 2. The van der Waals surface area contributed by atoms with Crippen LogP contribution in [0.4, 0.5) is 0 Å². The monoisotopic (exact) mass is 344 g/mol. The maximum Gasteiger partial charge on any atom is 0.233 e. The summed E-state index contributed by atoms with van der Waals surface area (Å²) >= 11 is 9.18. The molecule has 0 aromatic carbocycles. The van der Waals surface area contributed by atoms with E-state index in [2.05, 4.69) is 0 Å². The lowest BCUT2D eigenvalue weighted by Gasteiger charge is -2.24.